The summed E-state index contributed by atoms with van der Waals surface area (Å²) in [6, 6.07) is 11.2. The van der Waals surface area contributed by atoms with Crippen LogP contribution in [0.5, 0.6) is 0 Å². The number of nitrogens with one attached hydrogen (secondary N) is 1. The SMILES string of the molecule is Cc1ccccc1CNC(C)C(C)n1cccn1. The maximum Gasteiger partial charge on any atom is 0.0641 e. The van der Waals surface area contributed by atoms with Gasteiger partial charge in [0.05, 0.1) is 6.04 Å². The number of aromatic nitrogens is 2. The molecule has 0 saturated carbocycles. The second kappa shape index (κ2) is 5.83. The molecule has 1 heterocycles. The van der Waals surface area contributed by atoms with Crippen LogP contribution in [-0.2, 0) is 6.54 Å². The van der Waals surface area contributed by atoms with Gasteiger partial charge in [-0.25, -0.2) is 0 Å². The van der Waals surface area contributed by atoms with Gasteiger partial charge in [-0.2, -0.15) is 5.10 Å². The molecule has 0 amide bonds. The van der Waals surface area contributed by atoms with Crippen LogP contribution in [0.4, 0.5) is 0 Å². The molecule has 1 aromatic heterocycles. The average Bonchev–Trinajstić information content (AvgIpc) is 2.90. The standard InChI is InChI=1S/C15H21N3/c1-12-7-4-5-8-15(12)11-16-13(2)14(3)18-10-6-9-17-18/h4-10,13-14,16H,11H2,1-3H3. The van der Waals surface area contributed by atoms with Gasteiger partial charge in [-0.05, 0) is 38.0 Å². The van der Waals surface area contributed by atoms with Crippen molar-refractivity contribution in [2.75, 3.05) is 0 Å². The molecule has 0 aliphatic heterocycles. The molecule has 0 bridgehead atoms. The second-order valence-corrected chi connectivity index (χ2v) is 4.82. The molecule has 3 heteroatoms. The fourth-order valence-corrected chi connectivity index (χ4v) is 2.00. The number of rotatable bonds is 5. The summed E-state index contributed by atoms with van der Waals surface area (Å²) < 4.78 is 2.00. The lowest BCUT2D eigenvalue weighted by molar-refractivity contribution is 0.365. The molecule has 0 spiro atoms. The van der Waals surface area contributed by atoms with E-state index in [4.69, 9.17) is 0 Å². The van der Waals surface area contributed by atoms with Crippen molar-refractivity contribution in [2.24, 2.45) is 0 Å². The van der Waals surface area contributed by atoms with E-state index >= 15 is 0 Å². The summed E-state index contributed by atoms with van der Waals surface area (Å²) in [6.45, 7) is 7.44. The topological polar surface area (TPSA) is 29.9 Å². The van der Waals surface area contributed by atoms with Crippen LogP contribution in [0.2, 0.25) is 0 Å². The summed E-state index contributed by atoms with van der Waals surface area (Å²) in [6.07, 6.45) is 3.83. The van der Waals surface area contributed by atoms with E-state index in [1.165, 1.54) is 11.1 Å². The first-order valence-corrected chi connectivity index (χ1v) is 6.45. The van der Waals surface area contributed by atoms with Gasteiger partial charge in [-0.1, -0.05) is 24.3 Å². The molecule has 2 atom stereocenters. The van der Waals surface area contributed by atoms with Crippen LogP contribution in [0, 0.1) is 6.92 Å². The average molecular weight is 243 g/mol. The zero-order chi connectivity index (χ0) is 13.0. The highest BCUT2D eigenvalue weighted by molar-refractivity contribution is 5.25. The summed E-state index contributed by atoms with van der Waals surface area (Å²) >= 11 is 0. The molecule has 0 aliphatic rings. The zero-order valence-electron chi connectivity index (χ0n) is 11.3. The van der Waals surface area contributed by atoms with Gasteiger partial charge in [0.2, 0.25) is 0 Å². The van der Waals surface area contributed by atoms with E-state index in [0.29, 0.717) is 12.1 Å². The molecule has 96 valence electrons. The largest absolute Gasteiger partial charge is 0.308 e. The Morgan fingerprint density at radius 3 is 2.67 bits per heavy atom. The van der Waals surface area contributed by atoms with Crippen LogP contribution < -0.4 is 5.32 Å². The summed E-state index contributed by atoms with van der Waals surface area (Å²) in [4.78, 5) is 0. The van der Waals surface area contributed by atoms with Gasteiger partial charge in [-0.15, -0.1) is 0 Å². The molecule has 0 saturated heterocycles. The molecule has 3 nitrogen and oxygen atoms in total. The number of hydrogen-bond donors (Lipinski definition) is 1. The first-order valence-electron chi connectivity index (χ1n) is 6.45. The Hall–Kier alpha value is -1.61. The molecule has 0 aliphatic carbocycles. The lowest BCUT2D eigenvalue weighted by Gasteiger charge is -2.22. The minimum absolute atomic E-state index is 0.351. The van der Waals surface area contributed by atoms with E-state index < -0.39 is 0 Å². The molecule has 1 N–H and O–H groups in total. The molecule has 0 fully saturated rings. The monoisotopic (exact) mass is 243 g/mol. The molecule has 1 aromatic carbocycles. The van der Waals surface area contributed by atoms with Crippen molar-refractivity contribution in [1.29, 1.82) is 0 Å². The number of nitrogens with zero attached hydrogens (tertiary/aromatic N) is 2. The van der Waals surface area contributed by atoms with Crippen molar-refractivity contribution < 1.29 is 0 Å². The van der Waals surface area contributed by atoms with E-state index in [1.807, 2.05) is 23.1 Å². The maximum atomic E-state index is 4.29. The molecule has 0 radical (unpaired) electrons. The van der Waals surface area contributed by atoms with Crippen LogP contribution in [0.1, 0.15) is 31.0 Å². The van der Waals surface area contributed by atoms with E-state index in [-0.39, 0.29) is 0 Å². The van der Waals surface area contributed by atoms with Crippen LogP contribution in [0.25, 0.3) is 0 Å². The predicted molar refractivity (Wildman–Crippen MR) is 74.4 cm³/mol. The number of aryl methyl sites for hydroxylation is 1. The first-order chi connectivity index (χ1) is 8.68. The smallest absolute Gasteiger partial charge is 0.0641 e. The normalized spacial score (nSPS) is 14.4. The van der Waals surface area contributed by atoms with Gasteiger partial charge in [0.15, 0.2) is 0 Å². The third kappa shape index (κ3) is 2.99. The molecular weight excluding hydrogens is 222 g/mol. The van der Waals surface area contributed by atoms with Crippen molar-refractivity contribution in [2.45, 2.75) is 39.4 Å². The third-order valence-electron chi connectivity index (χ3n) is 3.54. The van der Waals surface area contributed by atoms with Crippen LogP contribution in [-0.4, -0.2) is 15.8 Å². The summed E-state index contributed by atoms with van der Waals surface area (Å²) in [5, 5.41) is 7.85. The van der Waals surface area contributed by atoms with Gasteiger partial charge < -0.3 is 5.32 Å². The van der Waals surface area contributed by atoms with Gasteiger partial charge in [0.1, 0.15) is 0 Å². The van der Waals surface area contributed by atoms with E-state index in [0.717, 1.165) is 6.54 Å². The fourth-order valence-electron chi connectivity index (χ4n) is 2.00. The predicted octanol–water partition coefficient (Wildman–Crippen LogP) is 2.93. The first kappa shape index (κ1) is 12.8. The van der Waals surface area contributed by atoms with Crippen molar-refractivity contribution in [3.8, 4) is 0 Å². The Balaban J connectivity index is 1.92. The van der Waals surface area contributed by atoms with Gasteiger partial charge in [-0.3, -0.25) is 4.68 Å². The van der Waals surface area contributed by atoms with Crippen molar-refractivity contribution in [1.82, 2.24) is 15.1 Å². The Morgan fingerprint density at radius 1 is 1.22 bits per heavy atom. The minimum atomic E-state index is 0.351. The van der Waals surface area contributed by atoms with Crippen molar-refractivity contribution in [3.05, 3.63) is 53.9 Å². The van der Waals surface area contributed by atoms with E-state index in [9.17, 15) is 0 Å². The highest BCUT2D eigenvalue weighted by atomic mass is 15.3. The molecule has 2 aromatic rings. The quantitative estimate of drug-likeness (QED) is 0.875. The van der Waals surface area contributed by atoms with E-state index in [2.05, 4.69) is 55.5 Å². The van der Waals surface area contributed by atoms with Crippen molar-refractivity contribution >= 4 is 0 Å². The second-order valence-electron chi connectivity index (χ2n) is 4.82. The minimum Gasteiger partial charge on any atom is -0.308 e. The lowest BCUT2D eigenvalue weighted by Crippen LogP contribution is -2.33. The third-order valence-corrected chi connectivity index (χ3v) is 3.54. The highest BCUT2D eigenvalue weighted by Crippen LogP contribution is 2.11. The van der Waals surface area contributed by atoms with Crippen LogP contribution in [0.15, 0.2) is 42.7 Å². The maximum absolute atomic E-state index is 4.29. The number of benzene rings is 1. The molecule has 2 rings (SSSR count). The fraction of sp³-hybridized carbons (Fsp3) is 0.400. The Bertz CT molecular complexity index is 476. The Labute approximate surface area is 109 Å². The van der Waals surface area contributed by atoms with Crippen LogP contribution >= 0.6 is 0 Å². The summed E-state index contributed by atoms with van der Waals surface area (Å²) in [5.41, 5.74) is 2.70. The zero-order valence-corrected chi connectivity index (χ0v) is 11.3. The highest BCUT2D eigenvalue weighted by Gasteiger charge is 2.13. The van der Waals surface area contributed by atoms with Crippen molar-refractivity contribution in [3.63, 3.8) is 0 Å². The molecule has 18 heavy (non-hydrogen) atoms. The van der Waals surface area contributed by atoms with E-state index in [1.54, 1.807) is 0 Å². The summed E-state index contributed by atoms with van der Waals surface area (Å²) in [7, 11) is 0. The van der Waals surface area contributed by atoms with Gasteiger partial charge >= 0.3 is 0 Å². The Kier molecular flexibility index (Phi) is 4.15. The van der Waals surface area contributed by atoms with Gasteiger partial charge in [0.25, 0.3) is 0 Å². The Morgan fingerprint density at radius 2 is 2.00 bits per heavy atom. The molecular formula is C15H21N3. The number of hydrogen-bond acceptors (Lipinski definition) is 2. The molecule has 2 unspecified atom stereocenters. The lowest BCUT2D eigenvalue weighted by atomic mass is 10.1. The summed E-state index contributed by atoms with van der Waals surface area (Å²) in [5.74, 6) is 0. The van der Waals surface area contributed by atoms with Gasteiger partial charge in [0, 0.05) is 25.0 Å². The van der Waals surface area contributed by atoms with Crippen LogP contribution in [0.3, 0.4) is 0 Å².